The van der Waals surface area contributed by atoms with Crippen molar-refractivity contribution in [3.05, 3.63) is 66.2 Å². The molecular weight excluding hydrogens is 338 g/mol. The van der Waals surface area contributed by atoms with Gasteiger partial charge in [0.1, 0.15) is 12.6 Å². The number of quaternary nitrogens is 1. The van der Waals surface area contributed by atoms with Crippen molar-refractivity contribution in [3.8, 4) is 0 Å². The Hall–Kier alpha value is -1.91. The summed E-state index contributed by atoms with van der Waals surface area (Å²) in [6.07, 6.45) is 4.99. The van der Waals surface area contributed by atoms with Crippen molar-refractivity contribution in [1.29, 1.82) is 0 Å². The molecule has 0 amide bonds. The highest BCUT2D eigenvalue weighted by molar-refractivity contribution is 7.80. The van der Waals surface area contributed by atoms with Crippen LogP contribution in [0.1, 0.15) is 31.2 Å². The van der Waals surface area contributed by atoms with Crippen LogP contribution in [0, 0.1) is 0 Å². The number of hydrogen-bond acceptors (Lipinski definition) is 1. The summed E-state index contributed by atoms with van der Waals surface area (Å²) >= 11 is 5.59. The fraction of sp³-hybridized carbons (Fsp3) is 0.409. The van der Waals surface area contributed by atoms with Crippen molar-refractivity contribution in [2.24, 2.45) is 0 Å². The molecule has 0 bridgehead atoms. The van der Waals surface area contributed by atoms with E-state index in [9.17, 15) is 0 Å². The second-order valence-corrected chi connectivity index (χ2v) is 8.25. The van der Waals surface area contributed by atoms with Gasteiger partial charge in [-0.1, -0.05) is 55.0 Å². The molecule has 0 saturated heterocycles. The quantitative estimate of drug-likeness (QED) is 0.597. The highest BCUT2D eigenvalue weighted by Gasteiger charge is 2.37. The molecule has 2 N–H and O–H groups in total. The molecule has 4 heteroatoms. The minimum atomic E-state index is 0.408. The Balaban J connectivity index is 1.66. The van der Waals surface area contributed by atoms with E-state index in [4.69, 9.17) is 12.2 Å². The van der Waals surface area contributed by atoms with Crippen LogP contribution in [0.3, 0.4) is 0 Å². The molecule has 1 saturated carbocycles. The van der Waals surface area contributed by atoms with Crippen molar-refractivity contribution in [3.63, 3.8) is 0 Å². The molecule has 0 aliphatic heterocycles. The molecule has 0 unspecified atom stereocenters. The molecule has 2 aromatic carbocycles. The van der Waals surface area contributed by atoms with E-state index >= 15 is 0 Å². The lowest BCUT2D eigenvalue weighted by molar-refractivity contribution is -0.930. The SMILES string of the molecule is C[N+](C)(Cc1ccccc1)[C@H]1CCCC[C@@H]1NC(=S)Nc1ccccc1. The Morgan fingerprint density at radius 1 is 0.962 bits per heavy atom. The number of benzene rings is 2. The van der Waals surface area contributed by atoms with Gasteiger partial charge < -0.3 is 15.1 Å². The monoisotopic (exact) mass is 368 g/mol. The molecule has 2 aromatic rings. The second-order valence-electron chi connectivity index (χ2n) is 7.85. The van der Waals surface area contributed by atoms with Crippen LogP contribution < -0.4 is 10.6 Å². The molecule has 2 atom stereocenters. The van der Waals surface area contributed by atoms with Gasteiger partial charge in [0.15, 0.2) is 5.11 Å². The first-order valence-electron chi connectivity index (χ1n) is 9.54. The maximum absolute atomic E-state index is 5.59. The van der Waals surface area contributed by atoms with Gasteiger partial charge >= 0.3 is 0 Å². The third kappa shape index (κ3) is 5.05. The largest absolute Gasteiger partial charge is 0.354 e. The van der Waals surface area contributed by atoms with Gasteiger partial charge in [-0.2, -0.15) is 0 Å². The fourth-order valence-corrected chi connectivity index (χ4v) is 4.41. The average Bonchev–Trinajstić information content (AvgIpc) is 2.63. The maximum Gasteiger partial charge on any atom is 0.171 e. The van der Waals surface area contributed by atoms with E-state index in [-0.39, 0.29) is 0 Å². The highest BCUT2D eigenvalue weighted by atomic mass is 32.1. The van der Waals surface area contributed by atoms with E-state index in [0.29, 0.717) is 12.1 Å². The summed E-state index contributed by atoms with van der Waals surface area (Å²) in [6, 6.07) is 21.9. The van der Waals surface area contributed by atoms with Crippen LogP contribution in [0.25, 0.3) is 0 Å². The fourth-order valence-electron chi connectivity index (χ4n) is 4.14. The lowest BCUT2D eigenvalue weighted by Gasteiger charge is -2.45. The van der Waals surface area contributed by atoms with E-state index in [2.05, 4.69) is 55.1 Å². The van der Waals surface area contributed by atoms with Crippen LogP contribution in [0.4, 0.5) is 5.69 Å². The Labute approximate surface area is 163 Å². The van der Waals surface area contributed by atoms with E-state index in [0.717, 1.165) is 21.8 Å². The van der Waals surface area contributed by atoms with Crippen molar-refractivity contribution < 1.29 is 4.48 Å². The van der Waals surface area contributed by atoms with Crippen LogP contribution in [-0.4, -0.2) is 35.8 Å². The molecule has 1 aliphatic carbocycles. The van der Waals surface area contributed by atoms with E-state index < -0.39 is 0 Å². The molecule has 3 nitrogen and oxygen atoms in total. The van der Waals surface area contributed by atoms with Gasteiger partial charge in [-0.25, -0.2) is 0 Å². The molecule has 0 heterocycles. The zero-order chi connectivity index (χ0) is 18.4. The lowest BCUT2D eigenvalue weighted by Crippen LogP contribution is -2.60. The van der Waals surface area contributed by atoms with Crippen LogP contribution in [-0.2, 0) is 6.54 Å². The highest BCUT2D eigenvalue weighted by Crippen LogP contribution is 2.28. The number of hydrogen-bond donors (Lipinski definition) is 2. The second kappa shape index (κ2) is 8.65. The summed E-state index contributed by atoms with van der Waals surface area (Å²) in [4.78, 5) is 0. The standard InChI is InChI=1S/C22H29N3S/c1-25(2,17-18-11-5-3-6-12-18)21-16-10-9-15-20(21)24-22(26)23-19-13-7-4-8-14-19/h3-8,11-14,20-21H,9-10,15-17H2,1-2H3,(H-,23,24,26)/p+1/t20-,21-/m0/s1. The lowest BCUT2D eigenvalue weighted by atomic mass is 9.87. The summed E-state index contributed by atoms with van der Waals surface area (Å²) in [5, 5.41) is 7.67. The van der Waals surface area contributed by atoms with E-state index in [1.54, 1.807) is 0 Å². The normalized spacial score (nSPS) is 20.4. The number of para-hydroxylation sites is 1. The first-order chi connectivity index (χ1) is 12.5. The number of nitrogens with one attached hydrogen (secondary N) is 2. The summed E-state index contributed by atoms with van der Waals surface area (Å²) in [7, 11) is 4.71. The summed E-state index contributed by atoms with van der Waals surface area (Å²) < 4.78 is 0.982. The molecule has 26 heavy (non-hydrogen) atoms. The molecule has 0 aromatic heterocycles. The van der Waals surface area contributed by atoms with E-state index in [1.807, 2.05) is 30.3 Å². The summed E-state index contributed by atoms with van der Waals surface area (Å²) in [6.45, 7) is 1.04. The Bertz CT molecular complexity index is 700. The third-order valence-corrected chi connectivity index (χ3v) is 5.63. The number of nitrogens with zero attached hydrogens (tertiary/aromatic N) is 1. The van der Waals surface area contributed by atoms with Crippen molar-refractivity contribution in [2.75, 3.05) is 19.4 Å². The molecule has 3 rings (SSSR count). The number of likely N-dealkylation sites (N-methyl/N-ethyl adjacent to an activating group) is 1. The first kappa shape index (κ1) is 18.9. The van der Waals surface area contributed by atoms with Gasteiger partial charge in [-0.15, -0.1) is 0 Å². The Kier molecular flexibility index (Phi) is 6.28. The third-order valence-electron chi connectivity index (χ3n) is 5.41. The van der Waals surface area contributed by atoms with Crippen molar-refractivity contribution in [2.45, 2.75) is 44.3 Å². The molecular formula is C22H30N3S+. The van der Waals surface area contributed by atoms with E-state index in [1.165, 1.54) is 31.2 Å². The number of anilines is 1. The van der Waals surface area contributed by atoms with Gasteiger partial charge in [-0.05, 0) is 37.2 Å². The molecule has 0 spiro atoms. The number of rotatable bonds is 5. The topological polar surface area (TPSA) is 24.1 Å². The molecule has 0 radical (unpaired) electrons. The van der Waals surface area contributed by atoms with Gasteiger partial charge in [0.25, 0.3) is 0 Å². The summed E-state index contributed by atoms with van der Waals surface area (Å²) in [5.41, 5.74) is 2.43. The van der Waals surface area contributed by atoms with Crippen molar-refractivity contribution in [1.82, 2.24) is 5.32 Å². The van der Waals surface area contributed by atoms with Crippen LogP contribution in [0.15, 0.2) is 60.7 Å². The van der Waals surface area contributed by atoms with Crippen molar-refractivity contribution >= 4 is 23.0 Å². The minimum Gasteiger partial charge on any atom is -0.354 e. The summed E-state index contributed by atoms with van der Waals surface area (Å²) in [5.74, 6) is 0. The molecule has 138 valence electrons. The van der Waals surface area contributed by atoms with Gasteiger partial charge in [-0.3, -0.25) is 0 Å². The predicted molar refractivity (Wildman–Crippen MR) is 114 cm³/mol. The van der Waals surface area contributed by atoms with Gasteiger partial charge in [0.2, 0.25) is 0 Å². The smallest absolute Gasteiger partial charge is 0.171 e. The maximum atomic E-state index is 5.59. The van der Waals surface area contributed by atoms with Crippen LogP contribution in [0.2, 0.25) is 0 Å². The average molecular weight is 369 g/mol. The minimum absolute atomic E-state index is 0.408. The van der Waals surface area contributed by atoms with Crippen LogP contribution in [0.5, 0.6) is 0 Å². The molecule has 1 aliphatic rings. The zero-order valence-corrected chi connectivity index (χ0v) is 16.6. The zero-order valence-electron chi connectivity index (χ0n) is 15.8. The van der Waals surface area contributed by atoms with Gasteiger partial charge in [0, 0.05) is 17.7 Å². The predicted octanol–water partition coefficient (Wildman–Crippen LogP) is 4.56. The Morgan fingerprint density at radius 3 is 2.27 bits per heavy atom. The van der Waals surface area contributed by atoms with Crippen LogP contribution >= 0.6 is 12.2 Å². The van der Waals surface area contributed by atoms with Gasteiger partial charge in [0.05, 0.1) is 20.1 Å². The number of thiocarbonyl (C=S) groups is 1. The molecule has 1 fully saturated rings. The first-order valence-corrected chi connectivity index (χ1v) is 9.94. The Morgan fingerprint density at radius 2 is 1.58 bits per heavy atom.